The van der Waals surface area contributed by atoms with Crippen LogP contribution in [0.3, 0.4) is 0 Å². The largest absolute Gasteiger partial charge is 0.348 e. The summed E-state index contributed by atoms with van der Waals surface area (Å²) in [6, 6.07) is 10.5. The molecule has 2 heterocycles. The Bertz CT molecular complexity index is 1530. The van der Waals surface area contributed by atoms with E-state index in [-0.39, 0.29) is 24.6 Å². The molecule has 0 saturated heterocycles. The number of rotatable bonds is 8. The third-order valence-corrected chi connectivity index (χ3v) is 5.98. The van der Waals surface area contributed by atoms with Crippen molar-refractivity contribution in [3.63, 3.8) is 0 Å². The molecule has 0 aliphatic carbocycles. The van der Waals surface area contributed by atoms with Crippen LogP contribution in [0.5, 0.6) is 0 Å². The van der Waals surface area contributed by atoms with Crippen LogP contribution in [0, 0.1) is 11.6 Å². The Kier molecular flexibility index (Phi) is 7.66. The summed E-state index contributed by atoms with van der Waals surface area (Å²) in [4.78, 5) is 48.3. The highest BCUT2D eigenvalue weighted by Gasteiger charge is 2.15. The molecule has 4 rings (SSSR count). The molecule has 0 aliphatic heterocycles. The molecule has 37 heavy (non-hydrogen) atoms. The molecule has 10 heteroatoms. The van der Waals surface area contributed by atoms with E-state index in [1.54, 1.807) is 29.3 Å². The molecule has 0 unspecified atom stereocenters. The van der Waals surface area contributed by atoms with Gasteiger partial charge in [0.25, 0.3) is 17.4 Å². The van der Waals surface area contributed by atoms with Crippen LogP contribution in [-0.4, -0.2) is 44.3 Å². The summed E-state index contributed by atoms with van der Waals surface area (Å²) < 4.78 is 27.8. The maximum atomic E-state index is 13.5. The number of carbonyl (C=O) groups excluding carboxylic acids is 2. The summed E-state index contributed by atoms with van der Waals surface area (Å²) in [6.07, 6.45) is 3.95. The number of hydrogen-bond acceptors (Lipinski definition) is 5. The number of benzene rings is 2. The lowest BCUT2D eigenvalue weighted by Gasteiger charge is -2.18. The van der Waals surface area contributed by atoms with E-state index >= 15 is 0 Å². The van der Waals surface area contributed by atoms with Crippen molar-refractivity contribution in [1.29, 1.82) is 0 Å². The Morgan fingerprint density at radius 1 is 0.973 bits per heavy atom. The maximum Gasteiger partial charge on any atom is 0.266 e. The second-order valence-corrected chi connectivity index (χ2v) is 8.40. The molecule has 4 aromatic rings. The molecule has 0 spiro atoms. The molecule has 0 bridgehead atoms. The number of hydrogen-bond donors (Lipinski definition) is 1. The molecule has 0 fully saturated rings. The van der Waals surface area contributed by atoms with Gasteiger partial charge in [0, 0.05) is 37.4 Å². The topological polar surface area (TPSA) is 97.2 Å². The van der Waals surface area contributed by atoms with Crippen molar-refractivity contribution in [1.82, 2.24) is 24.8 Å². The first-order valence-corrected chi connectivity index (χ1v) is 11.7. The van der Waals surface area contributed by atoms with Gasteiger partial charge in [0.05, 0.1) is 24.0 Å². The Morgan fingerprint density at radius 2 is 1.73 bits per heavy atom. The van der Waals surface area contributed by atoms with E-state index in [4.69, 9.17) is 0 Å². The molecular weight excluding hydrogens is 480 g/mol. The number of pyridine rings is 1. The first kappa shape index (κ1) is 25.6. The number of nitrogens with one attached hydrogen (secondary N) is 1. The fourth-order valence-corrected chi connectivity index (χ4v) is 3.93. The minimum atomic E-state index is -1.03. The van der Waals surface area contributed by atoms with E-state index in [0.29, 0.717) is 29.7 Å². The molecule has 190 valence electrons. The van der Waals surface area contributed by atoms with Crippen LogP contribution in [0.1, 0.15) is 45.7 Å². The van der Waals surface area contributed by atoms with Crippen molar-refractivity contribution < 1.29 is 18.4 Å². The second-order valence-electron chi connectivity index (χ2n) is 8.40. The van der Waals surface area contributed by atoms with Crippen molar-refractivity contribution in [2.75, 3.05) is 13.1 Å². The Hall–Kier alpha value is -4.47. The number of aromatic nitrogens is 3. The Labute approximate surface area is 211 Å². The lowest BCUT2D eigenvalue weighted by Crippen LogP contribution is -2.33. The number of fused-ring (bicyclic) bond motifs is 1. The highest BCUT2D eigenvalue weighted by atomic mass is 19.2. The van der Waals surface area contributed by atoms with Gasteiger partial charge in [-0.15, -0.1) is 0 Å². The van der Waals surface area contributed by atoms with Crippen LogP contribution >= 0.6 is 0 Å². The molecule has 2 aromatic carbocycles. The van der Waals surface area contributed by atoms with E-state index in [2.05, 4.69) is 15.3 Å². The van der Waals surface area contributed by atoms with Crippen molar-refractivity contribution in [3.05, 3.63) is 105 Å². The zero-order valence-electron chi connectivity index (χ0n) is 20.4. The first-order chi connectivity index (χ1) is 17.8. The van der Waals surface area contributed by atoms with Crippen molar-refractivity contribution >= 4 is 22.7 Å². The first-order valence-electron chi connectivity index (χ1n) is 11.7. The number of nitrogens with zero attached hydrogens (tertiary/aromatic N) is 4. The van der Waals surface area contributed by atoms with Crippen LogP contribution in [0.15, 0.2) is 66.0 Å². The summed E-state index contributed by atoms with van der Waals surface area (Å²) in [5, 5.41) is 3.45. The van der Waals surface area contributed by atoms with E-state index in [1.165, 1.54) is 12.4 Å². The molecule has 2 amide bonds. The van der Waals surface area contributed by atoms with Gasteiger partial charge < -0.3 is 10.2 Å². The molecule has 2 aromatic heterocycles. The van der Waals surface area contributed by atoms with Gasteiger partial charge in [-0.2, -0.15) is 0 Å². The predicted octanol–water partition coefficient (Wildman–Crippen LogP) is 3.53. The van der Waals surface area contributed by atoms with Gasteiger partial charge in [0.2, 0.25) is 0 Å². The lowest BCUT2D eigenvalue weighted by molar-refractivity contribution is 0.0772. The monoisotopic (exact) mass is 505 g/mol. The van der Waals surface area contributed by atoms with Crippen LogP contribution < -0.4 is 10.9 Å². The molecule has 0 radical (unpaired) electrons. The van der Waals surface area contributed by atoms with Crippen molar-refractivity contribution in [2.45, 2.75) is 26.9 Å². The van der Waals surface area contributed by atoms with Crippen LogP contribution in [0.2, 0.25) is 0 Å². The van der Waals surface area contributed by atoms with Crippen LogP contribution in [0.25, 0.3) is 10.9 Å². The van der Waals surface area contributed by atoms with Crippen LogP contribution in [0.4, 0.5) is 8.78 Å². The van der Waals surface area contributed by atoms with Crippen molar-refractivity contribution in [2.24, 2.45) is 0 Å². The van der Waals surface area contributed by atoms with Gasteiger partial charge in [-0.25, -0.2) is 13.8 Å². The molecule has 0 aliphatic rings. The zero-order chi connectivity index (χ0) is 26.5. The summed E-state index contributed by atoms with van der Waals surface area (Å²) >= 11 is 0. The highest BCUT2D eigenvalue weighted by molar-refractivity contribution is 5.97. The average Bonchev–Trinajstić information content (AvgIpc) is 2.90. The number of halogens is 2. The van der Waals surface area contributed by atoms with Gasteiger partial charge >= 0.3 is 0 Å². The molecule has 8 nitrogen and oxygen atoms in total. The average molecular weight is 506 g/mol. The van der Waals surface area contributed by atoms with Gasteiger partial charge in [-0.3, -0.25) is 23.9 Å². The third kappa shape index (κ3) is 5.69. The van der Waals surface area contributed by atoms with Gasteiger partial charge in [0.1, 0.15) is 5.56 Å². The summed E-state index contributed by atoms with van der Waals surface area (Å²) in [5.41, 5.74) is 1.50. The third-order valence-electron chi connectivity index (χ3n) is 5.98. The quantitative estimate of drug-likeness (QED) is 0.395. The molecule has 0 saturated carbocycles. The second kappa shape index (κ2) is 11.1. The fraction of sp³-hybridized carbons (Fsp3) is 0.222. The minimum Gasteiger partial charge on any atom is -0.348 e. The Morgan fingerprint density at radius 3 is 2.46 bits per heavy atom. The molecular formula is C27H25F2N5O3. The van der Waals surface area contributed by atoms with E-state index in [0.717, 1.165) is 33.8 Å². The SMILES string of the molecule is CCN(CC)C(=O)c1cnc2ccc(CNC(=O)c3cncn(Cc4ccc(F)c(F)c4)c3=O)cc2c1. The predicted molar refractivity (Wildman–Crippen MR) is 134 cm³/mol. The highest BCUT2D eigenvalue weighted by Crippen LogP contribution is 2.17. The minimum absolute atomic E-state index is 0.0730. The fourth-order valence-electron chi connectivity index (χ4n) is 3.93. The normalized spacial score (nSPS) is 10.9. The molecule has 0 atom stereocenters. The Balaban J connectivity index is 1.49. The standard InChI is InChI=1S/C27H25F2N5O3/c1-3-33(4-2)26(36)20-11-19-9-17(6-8-24(19)31-13-20)12-32-25(35)21-14-30-16-34(27(21)37)15-18-5-7-22(28)23(29)10-18/h5-11,13-14,16H,3-4,12,15H2,1-2H3,(H,32,35). The van der Waals surface area contributed by atoms with Gasteiger partial charge in [0.15, 0.2) is 11.6 Å². The molecule has 1 N–H and O–H groups in total. The van der Waals surface area contributed by atoms with Gasteiger partial charge in [-0.05, 0) is 55.3 Å². The summed E-state index contributed by atoms with van der Waals surface area (Å²) in [7, 11) is 0. The van der Waals surface area contributed by atoms with E-state index < -0.39 is 23.1 Å². The zero-order valence-corrected chi connectivity index (χ0v) is 20.4. The number of amides is 2. The van der Waals surface area contributed by atoms with Gasteiger partial charge in [-0.1, -0.05) is 12.1 Å². The number of carbonyl (C=O) groups is 2. The summed E-state index contributed by atoms with van der Waals surface area (Å²) in [6.45, 7) is 5.07. The van der Waals surface area contributed by atoms with E-state index in [9.17, 15) is 23.2 Å². The van der Waals surface area contributed by atoms with Crippen LogP contribution in [-0.2, 0) is 13.1 Å². The van der Waals surface area contributed by atoms with E-state index in [1.807, 2.05) is 19.9 Å². The summed E-state index contributed by atoms with van der Waals surface area (Å²) in [5.74, 6) is -2.74. The van der Waals surface area contributed by atoms with Crippen molar-refractivity contribution in [3.8, 4) is 0 Å². The lowest BCUT2D eigenvalue weighted by atomic mass is 10.1. The maximum absolute atomic E-state index is 13.5. The smallest absolute Gasteiger partial charge is 0.266 e.